The fraction of sp³-hybridized carbons (Fsp3) is 0.417. The van der Waals surface area contributed by atoms with Gasteiger partial charge in [0.2, 0.25) is 11.9 Å². The molecule has 4 aromatic rings. The number of benzene rings is 1. The molecule has 6 rings (SSSR count). The number of likely N-dealkylation sites (tertiary alicyclic amines) is 1. The molecule has 3 aromatic heterocycles. The molecule has 2 aliphatic heterocycles. The van der Waals surface area contributed by atoms with Crippen LogP contribution in [0, 0.1) is 0 Å². The number of aromatic nitrogens is 6. The van der Waals surface area contributed by atoms with Gasteiger partial charge in [-0.15, -0.1) is 5.10 Å². The number of carboxylic acid groups (broad SMARTS) is 1. The summed E-state index contributed by atoms with van der Waals surface area (Å²) in [6, 6.07) is 7.47. The zero-order valence-electron chi connectivity index (χ0n) is 19.7. The van der Waals surface area contributed by atoms with Gasteiger partial charge in [-0.25, -0.2) is 14.8 Å². The summed E-state index contributed by atoms with van der Waals surface area (Å²) >= 11 is 0. The number of hydrogen-bond donors (Lipinski definition) is 3. The Hall–Kier alpha value is -4.22. The number of carbonyl (C=O) groups is 2. The second kappa shape index (κ2) is 9.10. The quantitative estimate of drug-likeness (QED) is 0.397. The lowest BCUT2D eigenvalue weighted by Gasteiger charge is -2.29. The third kappa shape index (κ3) is 4.08. The molecule has 0 bridgehead atoms. The first-order valence-electron chi connectivity index (χ1n) is 12.3. The fourth-order valence-electron chi connectivity index (χ4n) is 4.98. The fourth-order valence-corrected chi connectivity index (χ4v) is 4.98. The number of para-hydroxylation sites is 1. The standard InChI is InChI=1S/C24H27N9O3/c34-22-19(7-3-4-10-25-22)28-23-27-18-6-2-1-5-17(18)21-29-20(30-33(21)23)15-13-26-32(14-15)16-8-11-31(12-9-16)24(35)36/h1-2,5-6,13-14,16,19H,3-4,7-12H2,(H,25,34)(H,27,28)(H,35,36)/t19-/m1/s1. The van der Waals surface area contributed by atoms with Gasteiger partial charge in [0.1, 0.15) is 6.04 Å². The maximum atomic E-state index is 12.6. The van der Waals surface area contributed by atoms with E-state index in [1.807, 2.05) is 35.1 Å². The van der Waals surface area contributed by atoms with Gasteiger partial charge in [0.05, 0.1) is 23.3 Å². The van der Waals surface area contributed by atoms with Crippen molar-refractivity contribution in [2.45, 2.75) is 44.2 Å². The zero-order chi connectivity index (χ0) is 24.6. The normalized spacial score (nSPS) is 19.4. The number of nitrogens with zero attached hydrogens (tertiary/aromatic N) is 7. The lowest BCUT2D eigenvalue weighted by molar-refractivity contribution is -0.121. The van der Waals surface area contributed by atoms with Crippen LogP contribution < -0.4 is 10.6 Å². The van der Waals surface area contributed by atoms with Crippen LogP contribution in [0.2, 0.25) is 0 Å². The molecule has 1 aromatic carbocycles. The Kier molecular flexibility index (Phi) is 5.62. The van der Waals surface area contributed by atoms with Crippen molar-refractivity contribution in [1.29, 1.82) is 0 Å². The van der Waals surface area contributed by atoms with E-state index in [0.717, 1.165) is 35.7 Å². The van der Waals surface area contributed by atoms with Crippen LogP contribution in [0.4, 0.5) is 10.7 Å². The summed E-state index contributed by atoms with van der Waals surface area (Å²) in [5, 5.41) is 25.6. The summed E-state index contributed by atoms with van der Waals surface area (Å²) in [7, 11) is 0. The monoisotopic (exact) mass is 489 g/mol. The molecule has 0 aliphatic carbocycles. The van der Waals surface area contributed by atoms with Crippen LogP contribution in [0.3, 0.4) is 0 Å². The highest BCUT2D eigenvalue weighted by Crippen LogP contribution is 2.27. The smallest absolute Gasteiger partial charge is 0.407 e. The molecule has 12 nitrogen and oxygen atoms in total. The van der Waals surface area contributed by atoms with Gasteiger partial charge in [0.15, 0.2) is 11.5 Å². The molecular formula is C24H27N9O3. The van der Waals surface area contributed by atoms with Gasteiger partial charge in [-0.1, -0.05) is 12.1 Å². The molecule has 0 unspecified atom stereocenters. The van der Waals surface area contributed by atoms with Gasteiger partial charge < -0.3 is 20.6 Å². The van der Waals surface area contributed by atoms with Gasteiger partial charge in [0, 0.05) is 31.2 Å². The Labute approximate surface area is 206 Å². The van der Waals surface area contributed by atoms with Crippen LogP contribution in [0.1, 0.15) is 38.1 Å². The summed E-state index contributed by atoms with van der Waals surface area (Å²) in [5.41, 5.74) is 2.18. The molecule has 0 spiro atoms. The topological polar surface area (TPSA) is 143 Å². The van der Waals surface area contributed by atoms with E-state index in [0.29, 0.717) is 49.9 Å². The van der Waals surface area contributed by atoms with Crippen LogP contribution in [0.25, 0.3) is 27.9 Å². The van der Waals surface area contributed by atoms with Crippen LogP contribution in [0.15, 0.2) is 36.7 Å². The largest absolute Gasteiger partial charge is 0.465 e. The molecule has 2 saturated heterocycles. The molecule has 2 aliphatic rings. The molecule has 0 saturated carbocycles. The van der Waals surface area contributed by atoms with Crippen LogP contribution in [-0.4, -0.2) is 77.0 Å². The van der Waals surface area contributed by atoms with Gasteiger partial charge >= 0.3 is 6.09 Å². The van der Waals surface area contributed by atoms with E-state index in [-0.39, 0.29) is 11.9 Å². The number of fused-ring (bicyclic) bond motifs is 3. The van der Waals surface area contributed by atoms with Crippen molar-refractivity contribution in [2.24, 2.45) is 0 Å². The summed E-state index contributed by atoms with van der Waals surface area (Å²) in [4.78, 5) is 34.8. The lowest BCUT2D eigenvalue weighted by atomic mass is 10.1. The number of anilines is 1. The third-order valence-electron chi connectivity index (χ3n) is 6.99. The minimum atomic E-state index is -0.880. The molecule has 2 amide bonds. The molecule has 0 radical (unpaired) electrons. The van der Waals surface area contributed by atoms with Crippen LogP contribution in [-0.2, 0) is 4.79 Å². The average molecular weight is 490 g/mol. The van der Waals surface area contributed by atoms with E-state index in [1.165, 1.54) is 4.90 Å². The molecule has 12 heteroatoms. The molecule has 5 heterocycles. The highest BCUT2D eigenvalue weighted by atomic mass is 16.4. The molecule has 2 fully saturated rings. The first-order valence-corrected chi connectivity index (χ1v) is 12.3. The summed E-state index contributed by atoms with van der Waals surface area (Å²) in [6.07, 6.45) is 6.80. The van der Waals surface area contributed by atoms with Crippen molar-refractivity contribution < 1.29 is 14.7 Å². The molecule has 1 atom stereocenters. The van der Waals surface area contributed by atoms with Crippen molar-refractivity contribution >= 4 is 34.5 Å². The minimum absolute atomic E-state index is 0.0360. The van der Waals surface area contributed by atoms with Crippen molar-refractivity contribution in [3.63, 3.8) is 0 Å². The van der Waals surface area contributed by atoms with Crippen molar-refractivity contribution in [3.05, 3.63) is 36.7 Å². The van der Waals surface area contributed by atoms with Crippen molar-refractivity contribution in [2.75, 3.05) is 25.0 Å². The first kappa shape index (κ1) is 22.3. The predicted octanol–water partition coefficient (Wildman–Crippen LogP) is 2.54. The SMILES string of the molecule is O=C1NCCCC[C@H]1Nc1nc2ccccc2c2nc(-c3cnn(C4CCN(C(=O)O)CC4)c3)nn12. The van der Waals surface area contributed by atoms with E-state index in [2.05, 4.69) is 15.7 Å². The zero-order valence-corrected chi connectivity index (χ0v) is 19.7. The minimum Gasteiger partial charge on any atom is -0.465 e. The second-order valence-corrected chi connectivity index (χ2v) is 9.32. The average Bonchev–Trinajstić information content (AvgIpc) is 3.51. The number of carbonyl (C=O) groups excluding carboxylic acids is 1. The van der Waals surface area contributed by atoms with Crippen LogP contribution >= 0.6 is 0 Å². The number of nitrogens with one attached hydrogen (secondary N) is 2. The van der Waals surface area contributed by atoms with Crippen LogP contribution in [0.5, 0.6) is 0 Å². The Bertz CT molecular complexity index is 1440. The van der Waals surface area contributed by atoms with Crippen molar-refractivity contribution in [1.82, 2.24) is 39.6 Å². The summed E-state index contributed by atoms with van der Waals surface area (Å²) < 4.78 is 3.55. The number of hydrogen-bond acceptors (Lipinski definition) is 7. The lowest BCUT2D eigenvalue weighted by Crippen LogP contribution is -2.38. The maximum Gasteiger partial charge on any atom is 0.407 e. The summed E-state index contributed by atoms with van der Waals surface area (Å²) in [5.74, 6) is 0.944. The second-order valence-electron chi connectivity index (χ2n) is 9.32. The highest BCUT2D eigenvalue weighted by Gasteiger charge is 2.26. The Morgan fingerprint density at radius 1 is 1.11 bits per heavy atom. The molecule has 186 valence electrons. The van der Waals surface area contributed by atoms with Gasteiger partial charge in [-0.2, -0.15) is 9.61 Å². The molecule has 36 heavy (non-hydrogen) atoms. The van der Waals surface area contributed by atoms with Gasteiger partial charge in [-0.05, 0) is 44.2 Å². The Balaban J connectivity index is 1.34. The predicted molar refractivity (Wildman–Crippen MR) is 132 cm³/mol. The van der Waals surface area contributed by atoms with Gasteiger partial charge in [0.25, 0.3) is 0 Å². The third-order valence-corrected chi connectivity index (χ3v) is 6.99. The Morgan fingerprint density at radius 3 is 2.78 bits per heavy atom. The van der Waals surface area contributed by atoms with Gasteiger partial charge in [-0.3, -0.25) is 9.48 Å². The number of amides is 2. The van der Waals surface area contributed by atoms with E-state index >= 15 is 0 Å². The van der Waals surface area contributed by atoms with Crippen molar-refractivity contribution in [3.8, 4) is 11.4 Å². The van der Waals surface area contributed by atoms with E-state index in [1.54, 1.807) is 10.7 Å². The molecule has 3 N–H and O–H groups in total. The van der Waals surface area contributed by atoms with E-state index in [9.17, 15) is 14.7 Å². The number of rotatable bonds is 4. The first-order chi connectivity index (χ1) is 17.6. The van der Waals surface area contributed by atoms with E-state index in [4.69, 9.17) is 15.1 Å². The number of piperidine rings is 1. The van der Waals surface area contributed by atoms with E-state index < -0.39 is 12.1 Å². The molecular weight excluding hydrogens is 462 g/mol. The summed E-state index contributed by atoms with van der Waals surface area (Å²) in [6.45, 7) is 1.66. The maximum absolute atomic E-state index is 12.6. The highest BCUT2D eigenvalue weighted by molar-refractivity contribution is 5.93. The Morgan fingerprint density at radius 2 is 1.94 bits per heavy atom.